The molecule has 0 bridgehead atoms. The minimum absolute atomic E-state index is 0.635. The highest BCUT2D eigenvalue weighted by atomic mass is 16.3. The zero-order valence-corrected chi connectivity index (χ0v) is 15.4. The van der Waals surface area contributed by atoms with Crippen molar-refractivity contribution in [2.24, 2.45) is 0 Å². The zero-order valence-electron chi connectivity index (χ0n) is 15.4. The molecule has 3 heteroatoms. The van der Waals surface area contributed by atoms with E-state index in [0.717, 1.165) is 44.2 Å². The number of furan rings is 1. The summed E-state index contributed by atoms with van der Waals surface area (Å²) in [5.74, 6) is 0. The van der Waals surface area contributed by atoms with Crippen LogP contribution < -0.4 is 0 Å². The number of fused-ring (bicyclic) bond motifs is 3. The summed E-state index contributed by atoms with van der Waals surface area (Å²) in [6.45, 7) is 7.11. The van der Waals surface area contributed by atoms with Crippen molar-refractivity contribution in [3.63, 3.8) is 0 Å². The zero-order chi connectivity index (χ0) is 19.8. The fraction of sp³-hybridized carbons (Fsp3) is 0. The van der Waals surface area contributed by atoms with Gasteiger partial charge in [-0.05, 0) is 58.7 Å². The Balaban J connectivity index is 1.64. The Morgan fingerprint density at radius 1 is 0.655 bits per heavy atom. The summed E-state index contributed by atoms with van der Waals surface area (Å²) in [7, 11) is 0. The number of benzene rings is 4. The second-order valence-corrected chi connectivity index (χ2v) is 6.87. The average Bonchev–Trinajstić information content (AvgIpc) is 3.16. The van der Waals surface area contributed by atoms with Crippen molar-refractivity contribution in [3.8, 4) is 28.3 Å². The first kappa shape index (κ1) is 16.8. The topological polar surface area (TPSA) is 41.3 Å². The average molecular weight is 370 g/mol. The van der Waals surface area contributed by atoms with Gasteiger partial charge < -0.3 is 4.42 Å². The third kappa shape index (κ3) is 2.92. The van der Waals surface area contributed by atoms with E-state index >= 15 is 0 Å². The summed E-state index contributed by atoms with van der Waals surface area (Å²) >= 11 is 0. The summed E-state index contributed by atoms with van der Waals surface area (Å²) in [5, 5.41) is 11.1. The van der Waals surface area contributed by atoms with Crippen LogP contribution in [-0.2, 0) is 0 Å². The van der Waals surface area contributed by atoms with Crippen molar-refractivity contribution >= 4 is 27.6 Å². The highest BCUT2D eigenvalue weighted by molar-refractivity contribution is 6.07. The lowest BCUT2D eigenvalue weighted by Crippen LogP contribution is -1.80. The van der Waals surface area contributed by atoms with Crippen molar-refractivity contribution < 1.29 is 4.42 Å². The van der Waals surface area contributed by atoms with E-state index in [-0.39, 0.29) is 0 Å². The van der Waals surface area contributed by atoms with Gasteiger partial charge in [-0.1, -0.05) is 48.5 Å². The van der Waals surface area contributed by atoms with Crippen LogP contribution in [0, 0.1) is 17.9 Å². The maximum absolute atomic E-state index is 9.00. The van der Waals surface area contributed by atoms with Crippen LogP contribution in [0.1, 0.15) is 5.56 Å². The van der Waals surface area contributed by atoms with Crippen molar-refractivity contribution in [3.05, 3.63) is 102 Å². The van der Waals surface area contributed by atoms with E-state index in [1.807, 2.05) is 72.8 Å². The lowest BCUT2D eigenvalue weighted by atomic mass is 9.99. The Labute approximate surface area is 167 Å². The van der Waals surface area contributed by atoms with Gasteiger partial charge in [0.1, 0.15) is 11.2 Å². The van der Waals surface area contributed by atoms with Crippen molar-refractivity contribution in [2.75, 3.05) is 0 Å². The van der Waals surface area contributed by atoms with Crippen LogP contribution in [0.15, 0.2) is 89.3 Å². The largest absolute Gasteiger partial charge is 0.456 e. The molecule has 4 aromatic carbocycles. The summed E-state index contributed by atoms with van der Waals surface area (Å²) in [6.07, 6.45) is 0. The number of hydrogen-bond donors (Lipinski definition) is 0. The number of nitriles is 1. The molecular weight excluding hydrogens is 356 g/mol. The maximum Gasteiger partial charge on any atom is 0.187 e. The van der Waals surface area contributed by atoms with Gasteiger partial charge in [-0.2, -0.15) is 5.26 Å². The molecular formula is C26H14N2O. The van der Waals surface area contributed by atoms with E-state index < -0.39 is 0 Å². The lowest BCUT2D eigenvalue weighted by molar-refractivity contribution is 0.669. The first-order valence-corrected chi connectivity index (χ1v) is 9.20. The van der Waals surface area contributed by atoms with Crippen LogP contribution in [0.2, 0.25) is 0 Å². The molecule has 134 valence electrons. The molecule has 0 aliphatic heterocycles. The van der Waals surface area contributed by atoms with E-state index in [1.165, 1.54) is 0 Å². The van der Waals surface area contributed by atoms with Gasteiger partial charge in [-0.15, -0.1) is 0 Å². The predicted molar refractivity (Wildman–Crippen MR) is 116 cm³/mol. The van der Waals surface area contributed by atoms with Gasteiger partial charge in [0.15, 0.2) is 5.69 Å². The maximum atomic E-state index is 9.00. The van der Waals surface area contributed by atoms with Crippen molar-refractivity contribution in [1.82, 2.24) is 0 Å². The van der Waals surface area contributed by atoms with E-state index in [1.54, 1.807) is 0 Å². The molecule has 0 spiro atoms. The Morgan fingerprint density at radius 3 is 1.62 bits per heavy atom. The molecule has 0 saturated heterocycles. The summed E-state index contributed by atoms with van der Waals surface area (Å²) in [6, 6.07) is 29.7. The van der Waals surface area contributed by atoms with Crippen LogP contribution in [-0.4, -0.2) is 0 Å². The summed E-state index contributed by atoms with van der Waals surface area (Å²) in [5.41, 5.74) is 7.27. The quantitative estimate of drug-likeness (QED) is 0.305. The first-order chi connectivity index (χ1) is 14.2. The highest BCUT2D eigenvalue weighted by Crippen LogP contribution is 2.35. The van der Waals surface area contributed by atoms with Gasteiger partial charge in [0.05, 0.1) is 18.2 Å². The van der Waals surface area contributed by atoms with Crippen LogP contribution >= 0.6 is 0 Å². The molecule has 0 N–H and O–H groups in total. The molecule has 1 aromatic heterocycles. The minimum Gasteiger partial charge on any atom is -0.456 e. The van der Waals surface area contributed by atoms with Gasteiger partial charge in [0, 0.05) is 10.8 Å². The van der Waals surface area contributed by atoms with Crippen molar-refractivity contribution in [2.45, 2.75) is 0 Å². The first-order valence-electron chi connectivity index (χ1n) is 9.20. The summed E-state index contributed by atoms with van der Waals surface area (Å²) in [4.78, 5) is 3.45. The Hall–Kier alpha value is -4.34. The fourth-order valence-electron chi connectivity index (χ4n) is 3.60. The number of rotatable bonds is 2. The van der Waals surface area contributed by atoms with Gasteiger partial charge in [0.25, 0.3) is 0 Å². The van der Waals surface area contributed by atoms with Crippen molar-refractivity contribution in [1.29, 1.82) is 5.26 Å². The molecule has 5 rings (SSSR count). The molecule has 29 heavy (non-hydrogen) atoms. The standard InChI is InChI=1S/C26H14N2O/c1-28-22-10-6-19(7-11-22)21-9-13-26-24(15-21)23-14-20(8-12-25(23)29-26)18-4-2-17(16-27)3-5-18/h2-15H. The lowest BCUT2D eigenvalue weighted by Gasteiger charge is -2.03. The van der Waals surface area contributed by atoms with Crippen LogP contribution in [0.4, 0.5) is 5.69 Å². The molecule has 0 radical (unpaired) electrons. The fourth-order valence-corrected chi connectivity index (χ4v) is 3.60. The molecule has 0 atom stereocenters. The van der Waals surface area contributed by atoms with E-state index in [4.69, 9.17) is 16.3 Å². The number of hydrogen-bond acceptors (Lipinski definition) is 2. The SMILES string of the molecule is [C-]#[N+]c1ccc(-c2ccc3oc4ccc(-c5ccc(C#N)cc5)cc4c3c2)cc1. The van der Waals surface area contributed by atoms with E-state index in [2.05, 4.69) is 23.0 Å². The minimum atomic E-state index is 0.635. The molecule has 1 heterocycles. The van der Waals surface area contributed by atoms with Crippen LogP contribution in [0.5, 0.6) is 0 Å². The Kier molecular flexibility index (Phi) is 3.87. The molecule has 0 aliphatic carbocycles. The highest BCUT2D eigenvalue weighted by Gasteiger charge is 2.10. The second kappa shape index (κ2) is 6.68. The molecule has 0 fully saturated rings. The van der Waals surface area contributed by atoms with Gasteiger partial charge in [0.2, 0.25) is 0 Å². The molecule has 0 unspecified atom stereocenters. The molecule has 3 nitrogen and oxygen atoms in total. The predicted octanol–water partition coefficient (Wildman–Crippen LogP) is 7.34. The van der Waals surface area contributed by atoms with Gasteiger partial charge in [-0.3, -0.25) is 0 Å². The third-order valence-corrected chi connectivity index (χ3v) is 5.15. The molecule has 0 saturated carbocycles. The Bertz CT molecular complexity index is 1330. The molecule has 5 aromatic rings. The van der Waals surface area contributed by atoms with Gasteiger partial charge >= 0.3 is 0 Å². The van der Waals surface area contributed by atoms with E-state index in [0.29, 0.717) is 11.3 Å². The second-order valence-electron chi connectivity index (χ2n) is 6.87. The van der Waals surface area contributed by atoms with E-state index in [9.17, 15) is 0 Å². The smallest absolute Gasteiger partial charge is 0.187 e. The van der Waals surface area contributed by atoms with Crippen LogP contribution in [0.3, 0.4) is 0 Å². The molecule has 0 aliphatic rings. The monoisotopic (exact) mass is 370 g/mol. The normalized spacial score (nSPS) is 10.7. The molecule has 0 amide bonds. The van der Waals surface area contributed by atoms with Crippen LogP contribution in [0.25, 0.3) is 49.0 Å². The number of nitrogens with zero attached hydrogens (tertiary/aromatic N) is 2. The van der Waals surface area contributed by atoms with Gasteiger partial charge in [-0.25, -0.2) is 4.85 Å². The Morgan fingerprint density at radius 2 is 1.14 bits per heavy atom. The summed E-state index contributed by atoms with van der Waals surface area (Å²) < 4.78 is 6.02. The third-order valence-electron chi connectivity index (χ3n) is 5.15.